The Morgan fingerprint density at radius 3 is 2.35 bits per heavy atom. The van der Waals surface area contributed by atoms with Gasteiger partial charge in [-0.2, -0.15) is 0 Å². The van der Waals surface area contributed by atoms with Crippen molar-refractivity contribution in [1.82, 2.24) is 4.90 Å². The minimum Gasteiger partial charge on any atom is -0.395 e. The quantitative estimate of drug-likeness (QED) is 0.813. The number of amides is 1. The van der Waals surface area contributed by atoms with Gasteiger partial charge in [-0.1, -0.05) is 11.8 Å². The molecule has 20 heavy (non-hydrogen) atoms. The lowest BCUT2D eigenvalue weighted by Crippen LogP contribution is -2.47. The maximum atomic E-state index is 12.3. The number of hydrogen-bond donors (Lipinski definition) is 2. The Balaban J connectivity index is 2.84. The van der Waals surface area contributed by atoms with E-state index in [-0.39, 0.29) is 19.1 Å². The van der Waals surface area contributed by atoms with Gasteiger partial charge in [-0.05, 0) is 38.1 Å². The van der Waals surface area contributed by atoms with E-state index in [0.717, 1.165) is 5.56 Å². The lowest BCUT2D eigenvalue weighted by atomic mass is 10.0. The summed E-state index contributed by atoms with van der Waals surface area (Å²) < 4.78 is 0. The molecule has 1 aromatic rings. The Morgan fingerprint density at radius 1 is 1.25 bits per heavy atom. The average Bonchev–Trinajstić information content (AvgIpc) is 2.46. The van der Waals surface area contributed by atoms with Crippen LogP contribution in [0.5, 0.6) is 0 Å². The van der Waals surface area contributed by atoms with E-state index in [9.17, 15) is 9.90 Å². The monoisotopic (exact) mass is 275 g/mol. The van der Waals surface area contributed by atoms with E-state index in [1.54, 1.807) is 45.2 Å². The van der Waals surface area contributed by atoms with Gasteiger partial charge in [0.05, 0.1) is 18.8 Å². The Hall–Kier alpha value is -1.83. The lowest BCUT2D eigenvalue weighted by Gasteiger charge is -2.34. The molecular weight excluding hydrogens is 254 g/mol. The summed E-state index contributed by atoms with van der Waals surface area (Å²) in [7, 11) is 1.67. The Bertz CT molecular complexity index is 509. The molecule has 0 saturated heterocycles. The third-order valence-electron chi connectivity index (χ3n) is 3.20. The smallest absolute Gasteiger partial charge is 0.254 e. The van der Waals surface area contributed by atoms with Gasteiger partial charge in [0.15, 0.2) is 0 Å². The molecule has 4 nitrogen and oxygen atoms in total. The zero-order valence-corrected chi connectivity index (χ0v) is 12.2. The van der Waals surface area contributed by atoms with Gasteiger partial charge in [-0.3, -0.25) is 4.79 Å². The maximum absolute atomic E-state index is 12.3. The van der Waals surface area contributed by atoms with Gasteiger partial charge in [0.2, 0.25) is 0 Å². The van der Waals surface area contributed by atoms with E-state index in [4.69, 9.17) is 5.11 Å². The second-order valence-electron chi connectivity index (χ2n) is 5.19. The van der Waals surface area contributed by atoms with Gasteiger partial charge in [0.1, 0.15) is 0 Å². The third kappa shape index (κ3) is 4.09. The number of rotatable bonds is 4. The van der Waals surface area contributed by atoms with Crippen LogP contribution in [0.3, 0.4) is 0 Å². The molecule has 0 aliphatic heterocycles. The number of nitrogens with zero attached hydrogens (tertiary/aromatic N) is 1. The third-order valence-corrected chi connectivity index (χ3v) is 3.20. The first kappa shape index (κ1) is 16.2. The highest BCUT2D eigenvalue weighted by atomic mass is 16.3. The van der Waals surface area contributed by atoms with Crippen LogP contribution in [-0.2, 0) is 0 Å². The van der Waals surface area contributed by atoms with Crippen LogP contribution < -0.4 is 0 Å². The fraction of sp³-hybridized carbons (Fsp3) is 0.438. The van der Waals surface area contributed by atoms with Crippen LogP contribution in [0.15, 0.2) is 24.3 Å². The SMILES string of the molecule is CN(C(=O)c1ccc(C#CCCO)cc1)C(C)(C)CO. The van der Waals surface area contributed by atoms with Crippen molar-refractivity contribution >= 4 is 5.91 Å². The highest BCUT2D eigenvalue weighted by Gasteiger charge is 2.27. The largest absolute Gasteiger partial charge is 0.395 e. The molecule has 0 saturated carbocycles. The summed E-state index contributed by atoms with van der Waals surface area (Å²) in [5.41, 5.74) is 0.761. The number of aliphatic hydroxyl groups is 2. The van der Waals surface area contributed by atoms with Crippen molar-refractivity contribution < 1.29 is 15.0 Å². The number of hydrogen-bond acceptors (Lipinski definition) is 3. The molecular formula is C16H21NO3. The predicted molar refractivity (Wildman–Crippen MR) is 78.3 cm³/mol. The molecule has 108 valence electrons. The molecule has 0 atom stereocenters. The highest BCUT2D eigenvalue weighted by Crippen LogP contribution is 2.15. The van der Waals surface area contributed by atoms with Gasteiger partial charge in [-0.15, -0.1) is 0 Å². The maximum Gasteiger partial charge on any atom is 0.254 e. The highest BCUT2D eigenvalue weighted by molar-refractivity contribution is 5.94. The van der Waals surface area contributed by atoms with Gasteiger partial charge in [0, 0.05) is 24.6 Å². The number of carbonyl (C=O) groups excluding carboxylic acids is 1. The molecule has 0 radical (unpaired) electrons. The molecule has 1 amide bonds. The molecule has 0 aliphatic carbocycles. The zero-order chi connectivity index (χ0) is 15.2. The van der Waals surface area contributed by atoms with Crippen LogP contribution in [0.4, 0.5) is 0 Å². The van der Waals surface area contributed by atoms with Crippen LogP contribution in [0, 0.1) is 11.8 Å². The fourth-order valence-corrected chi connectivity index (χ4v) is 1.49. The standard InChI is InChI=1S/C16H21NO3/c1-16(2,12-19)17(3)15(20)14-9-7-13(8-10-14)6-4-5-11-18/h7-10,18-19H,5,11-12H2,1-3H3. The molecule has 1 rings (SSSR count). The van der Waals surface area contributed by atoms with E-state index in [0.29, 0.717) is 12.0 Å². The number of likely N-dealkylation sites (N-methyl/N-ethyl adjacent to an activating group) is 1. The lowest BCUT2D eigenvalue weighted by molar-refractivity contribution is 0.0473. The summed E-state index contributed by atoms with van der Waals surface area (Å²) in [4.78, 5) is 13.8. The second-order valence-corrected chi connectivity index (χ2v) is 5.19. The minimum atomic E-state index is -0.601. The normalized spacial score (nSPS) is 10.7. The Morgan fingerprint density at radius 2 is 1.85 bits per heavy atom. The first-order valence-electron chi connectivity index (χ1n) is 6.51. The second kappa shape index (κ2) is 7.09. The van der Waals surface area contributed by atoms with Gasteiger partial charge < -0.3 is 15.1 Å². The van der Waals surface area contributed by atoms with Crippen molar-refractivity contribution in [3.05, 3.63) is 35.4 Å². The van der Waals surface area contributed by atoms with Crippen molar-refractivity contribution in [2.75, 3.05) is 20.3 Å². The summed E-state index contributed by atoms with van der Waals surface area (Å²) in [6.07, 6.45) is 0.439. The molecule has 0 fully saturated rings. The first-order valence-corrected chi connectivity index (χ1v) is 6.51. The van der Waals surface area contributed by atoms with E-state index >= 15 is 0 Å². The van der Waals surface area contributed by atoms with Crippen LogP contribution in [0.25, 0.3) is 0 Å². The van der Waals surface area contributed by atoms with Gasteiger partial charge >= 0.3 is 0 Å². The zero-order valence-electron chi connectivity index (χ0n) is 12.2. The summed E-state index contributed by atoms with van der Waals surface area (Å²) in [6, 6.07) is 6.99. The fourth-order valence-electron chi connectivity index (χ4n) is 1.49. The number of benzene rings is 1. The molecule has 0 heterocycles. The van der Waals surface area contributed by atoms with Gasteiger partial charge in [-0.25, -0.2) is 0 Å². The first-order chi connectivity index (χ1) is 9.42. The summed E-state index contributed by atoms with van der Waals surface area (Å²) in [5.74, 6) is 5.60. The van der Waals surface area contributed by atoms with Crippen molar-refractivity contribution in [1.29, 1.82) is 0 Å². The topological polar surface area (TPSA) is 60.8 Å². The molecule has 1 aromatic carbocycles. The molecule has 0 unspecified atom stereocenters. The van der Waals surface area contributed by atoms with Crippen LogP contribution >= 0.6 is 0 Å². The summed E-state index contributed by atoms with van der Waals surface area (Å²) in [5, 5.41) is 17.9. The Labute approximate surface area is 120 Å². The van der Waals surface area contributed by atoms with E-state index < -0.39 is 5.54 Å². The van der Waals surface area contributed by atoms with E-state index in [1.165, 1.54) is 4.90 Å². The molecule has 0 spiro atoms. The average molecular weight is 275 g/mol. The number of aliphatic hydroxyl groups excluding tert-OH is 2. The molecule has 2 N–H and O–H groups in total. The molecule has 0 aliphatic rings. The summed E-state index contributed by atoms with van der Waals surface area (Å²) in [6.45, 7) is 3.56. The van der Waals surface area contributed by atoms with Crippen LogP contribution in [0.1, 0.15) is 36.2 Å². The molecule has 0 bridgehead atoms. The number of carbonyl (C=O) groups is 1. The van der Waals surface area contributed by atoms with Crippen LogP contribution in [0.2, 0.25) is 0 Å². The summed E-state index contributed by atoms with van der Waals surface area (Å²) >= 11 is 0. The van der Waals surface area contributed by atoms with Crippen molar-refractivity contribution in [3.63, 3.8) is 0 Å². The predicted octanol–water partition coefficient (Wildman–Crippen LogP) is 1.26. The molecule has 0 aromatic heterocycles. The van der Waals surface area contributed by atoms with Crippen molar-refractivity contribution in [2.24, 2.45) is 0 Å². The van der Waals surface area contributed by atoms with E-state index in [2.05, 4.69) is 11.8 Å². The van der Waals surface area contributed by atoms with Crippen LogP contribution in [-0.4, -0.2) is 46.8 Å². The Kier molecular flexibility index (Phi) is 5.75. The van der Waals surface area contributed by atoms with E-state index in [1.807, 2.05) is 0 Å². The van der Waals surface area contributed by atoms with Gasteiger partial charge in [0.25, 0.3) is 5.91 Å². The minimum absolute atomic E-state index is 0.0462. The molecule has 4 heteroatoms. The van der Waals surface area contributed by atoms with Crippen molar-refractivity contribution in [3.8, 4) is 11.8 Å². The van der Waals surface area contributed by atoms with Crippen molar-refractivity contribution in [2.45, 2.75) is 25.8 Å².